The van der Waals surface area contributed by atoms with Crippen molar-refractivity contribution in [1.29, 1.82) is 0 Å². The molecule has 0 radical (unpaired) electrons. The van der Waals surface area contributed by atoms with Gasteiger partial charge in [-0.1, -0.05) is 35.3 Å². The Hall–Kier alpha value is -3.28. The lowest BCUT2D eigenvalue weighted by molar-refractivity contribution is -0.254. The van der Waals surface area contributed by atoms with Gasteiger partial charge in [0.15, 0.2) is 23.5 Å². The molecule has 38 heavy (non-hydrogen) atoms. The predicted octanol–water partition coefficient (Wildman–Crippen LogP) is 3.17. The molecule has 3 rings (SSSR count). The standard InChI is InChI=1S/C25H26Cl2N2O9/c1-12(30)34-11-20-23(35-13(2)31)25(37-15(4)33)24(36-14(3)32)22(38-20)16-5-7-19(26)17(9-16)10-18-6-8-21(27)29-28-18/h5-9,20,22-25H,10-11H2,1-4H3/t20-,22+,23-,24+,25+/m1/s1. The molecule has 1 aromatic heterocycles. The van der Waals surface area contributed by atoms with Gasteiger partial charge in [-0.05, 0) is 29.3 Å². The van der Waals surface area contributed by atoms with Crippen LogP contribution < -0.4 is 0 Å². The van der Waals surface area contributed by atoms with E-state index in [9.17, 15) is 19.2 Å². The lowest BCUT2D eigenvalue weighted by Crippen LogP contribution is -2.59. The van der Waals surface area contributed by atoms with Crippen molar-refractivity contribution in [3.8, 4) is 0 Å². The number of aromatic nitrogens is 2. The smallest absolute Gasteiger partial charge is 0.303 e. The van der Waals surface area contributed by atoms with Crippen molar-refractivity contribution < 1.29 is 42.9 Å². The molecule has 1 aliphatic rings. The van der Waals surface area contributed by atoms with Crippen molar-refractivity contribution in [2.75, 3.05) is 6.61 Å². The fourth-order valence-corrected chi connectivity index (χ4v) is 4.32. The maximum atomic E-state index is 12.1. The van der Waals surface area contributed by atoms with Crippen molar-refractivity contribution in [2.24, 2.45) is 0 Å². The van der Waals surface area contributed by atoms with Gasteiger partial charge in [-0.15, -0.1) is 5.10 Å². The van der Waals surface area contributed by atoms with E-state index in [-0.39, 0.29) is 11.8 Å². The number of benzene rings is 1. The first-order chi connectivity index (χ1) is 17.9. The van der Waals surface area contributed by atoms with E-state index >= 15 is 0 Å². The minimum absolute atomic E-state index is 0.242. The van der Waals surface area contributed by atoms with E-state index in [1.807, 2.05) is 0 Å². The Balaban J connectivity index is 2.06. The minimum atomic E-state index is -1.28. The Morgan fingerprint density at radius 1 is 0.816 bits per heavy atom. The summed E-state index contributed by atoms with van der Waals surface area (Å²) in [6.45, 7) is 4.38. The fraction of sp³-hybridized carbons (Fsp3) is 0.440. The normalized spacial score (nSPS) is 22.7. The maximum Gasteiger partial charge on any atom is 0.303 e. The number of nitrogens with zero attached hydrogens (tertiary/aromatic N) is 2. The van der Waals surface area contributed by atoms with E-state index in [0.29, 0.717) is 28.3 Å². The van der Waals surface area contributed by atoms with Crippen LogP contribution in [0.15, 0.2) is 30.3 Å². The van der Waals surface area contributed by atoms with Crippen LogP contribution in [0.2, 0.25) is 10.2 Å². The van der Waals surface area contributed by atoms with Crippen LogP contribution in [-0.4, -0.2) is 65.1 Å². The zero-order valence-electron chi connectivity index (χ0n) is 21.0. The number of carbonyl (C=O) groups is 4. The maximum absolute atomic E-state index is 12.1. The molecule has 0 N–H and O–H groups in total. The lowest BCUT2D eigenvalue weighted by Gasteiger charge is -2.44. The summed E-state index contributed by atoms with van der Waals surface area (Å²) >= 11 is 12.3. The number of halogens is 2. The van der Waals surface area contributed by atoms with Gasteiger partial charge in [0.25, 0.3) is 0 Å². The Morgan fingerprint density at radius 2 is 1.45 bits per heavy atom. The average Bonchev–Trinajstić information content (AvgIpc) is 2.82. The molecule has 0 saturated carbocycles. The Labute approximate surface area is 228 Å². The number of rotatable bonds is 8. The largest absolute Gasteiger partial charge is 0.463 e. The van der Waals surface area contributed by atoms with E-state index in [1.165, 1.54) is 13.8 Å². The molecule has 0 spiro atoms. The average molecular weight is 569 g/mol. The zero-order valence-corrected chi connectivity index (χ0v) is 22.5. The molecular formula is C25H26Cl2N2O9. The van der Waals surface area contributed by atoms with Gasteiger partial charge in [0.2, 0.25) is 0 Å². The van der Waals surface area contributed by atoms with Crippen molar-refractivity contribution >= 4 is 47.1 Å². The van der Waals surface area contributed by atoms with Crippen molar-refractivity contribution in [3.63, 3.8) is 0 Å². The van der Waals surface area contributed by atoms with Crippen LogP contribution >= 0.6 is 23.2 Å². The first kappa shape index (κ1) is 29.3. The molecule has 11 nitrogen and oxygen atoms in total. The monoisotopic (exact) mass is 568 g/mol. The predicted molar refractivity (Wildman–Crippen MR) is 132 cm³/mol. The summed E-state index contributed by atoms with van der Waals surface area (Å²) < 4.78 is 27.8. The molecule has 1 saturated heterocycles. The van der Waals surface area contributed by atoms with E-state index in [1.54, 1.807) is 30.3 Å². The highest BCUT2D eigenvalue weighted by molar-refractivity contribution is 6.31. The molecular weight excluding hydrogens is 543 g/mol. The first-order valence-electron chi connectivity index (χ1n) is 11.5. The van der Waals surface area contributed by atoms with Gasteiger partial charge in [-0.2, -0.15) is 5.10 Å². The van der Waals surface area contributed by atoms with Crippen LogP contribution in [-0.2, 0) is 49.3 Å². The van der Waals surface area contributed by atoms with Crippen LogP contribution in [0.3, 0.4) is 0 Å². The van der Waals surface area contributed by atoms with E-state index in [4.69, 9.17) is 46.9 Å². The molecule has 1 aromatic carbocycles. The van der Waals surface area contributed by atoms with Gasteiger partial charge < -0.3 is 23.7 Å². The number of carbonyl (C=O) groups excluding carboxylic acids is 4. The van der Waals surface area contributed by atoms with Crippen LogP contribution in [0.25, 0.3) is 0 Å². The highest BCUT2D eigenvalue weighted by Crippen LogP contribution is 2.39. The summed E-state index contributed by atoms with van der Waals surface area (Å²) in [5.74, 6) is -2.71. The van der Waals surface area contributed by atoms with Crippen LogP contribution in [0, 0.1) is 0 Å². The summed E-state index contributed by atoms with van der Waals surface area (Å²) in [4.78, 5) is 47.6. The molecule has 5 atom stereocenters. The highest BCUT2D eigenvalue weighted by Gasteiger charge is 2.52. The van der Waals surface area contributed by atoms with Crippen LogP contribution in [0.4, 0.5) is 0 Å². The Morgan fingerprint density at radius 3 is 2.03 bits per heavy atom. The second-order valence-corrected chi connectivity index (χ2v) is 9.29. The third-order valence-corrected chi connectivity index (χ3v) is 6.02. The van der Waals surface area contributed by atoms with Gasteiger partial charge in [0.05, 0.1) is 5.69 Å². The molecule has 0 amide bonds. The van der Waals surface area contributed by atoms with E-state index < -0.39 is 54.4 Å². The summed E-state index contributed by atoms with van der Waals surface area (Å²) in [5.41, 5.74) is 1.74. The fourth-order valence-electron chi connectivity index (χ4n) is 4.04. The number of hydrogen-bond acceptors (Lipinski definition) is 11. The number of ether oxygens (including phenoxy) is 5. The summed E-state index contributed by atoms with van der Waals surface area (Å²) in [6.07, 6.45) is -5.54. The van der Waals surface area contributed by atoms with Crippen LogP contribution in [0.5, 0.6) is 0 Å². The summed E-state index contributed by atoms with van der Waals surface area (Å²) in [5, 5.41) is 8.55. The summed E-state index contributed by atoms with van der Waals surface area (Å²) in [6, 6.07) is 8.30. The van der Waals surface area contributed by atoms with Gasteiger partial charge >= 0.3 is 23.9 Å². The molecule has 0 aliphatic carbocycles. The number of esters is 4. The Bertz CT molecular complexity index is 1190. The topological polar surface area (TPSA) is 140 Å². The molecule has 0 bridgehead atoms. The zero-order chi connectivity index (χ0) is 28.0. The number of hydrogen-bond donors (Lipinski definition) is 0. The van der Waals surface area contributed by atoms with Gasteiger partial charge in [0.1, 0.15) is 18.8 Å². The van der Waals surface area contributed by atoms with E-state index in [2.05, 4.69) is 10.2 Å². The molecule has 2 aromatic rings. The second kappa shape index (κ2) is 13.0. The van der Waals surface area contributed by atoms with Crippen molar-refractivity contribution in [2.45, 2.75) is 64.6 Å². The highest BCUT2D eigenvalue weighted by atomic mass is 35.5. The van der Waals surface area contributed by atoms with Gasteiger partial charge in [0, 0.05) is 39.1 Å². The van der Waals surface area contributed by atoms with Gasteiger partial charge in [-0.25, -0.2) is 0 Å². The summed E-state index contributed by atoms with van der Waals surface area (Å²) in [7, 11) is 0. The SMILES string of the molecule is CC(=O)OC[C@H]1O[C@@H](c2ccc(Cl)c(Cc3ccc(Cl)nn3)c2)[C@H](OC(C)=O)[C@@H](OC(C)=O)[C@@H]1OC(C)=O. The molecule has 1 aliphatic heterocycles. The second-order valence-electron chi connectivity index (χ2n) is 8.49. The third-order valence-electron chi connectivity index (χ3n) is 5.45. The molecule has 204 valence electrons. The Kier molecular flexibility index (Phi) is 10.0. The van der Waals surface area contributed by atoms with E-state index in [0.717, 1.165) is 13.8 Å². The quantitative estimate of drug-likeness (QED) is 0.342. The third kappa shape index (κ3) is 7.86. The minimum Gasteiger partial charge on any atom is -0.463 e. The molecule has 1 fully saturated rings. The van der Waals surface area contributed by atoms with Crippen molar-refractivity contribution in [3.05, 3.63) is 57.3 Å². The molecule has 0 unspecified atom stereocenters. The van der Waals surface area contributed by atoms with Crippen LogP contribution in [0.1, 0.15) is 50.6 Å². The van der Waals surface area contributed by atoms with Gasteiger partial charge in [-0.3, -0.25) is 19.2 Å². The molecule has 2 heterocycles. The molecule has 13 heteroatoms. The first-order valence-corrected chi connectivity index (χ1v) is 12.3. The lowest BCUT2D eigenvalue weighted by atomic mass is 9.89. The van der Waals surface area contributed by atoms with Crippen molar-refractivity contribution in [1.82, 2.24) is 10.2 Å².